The van der Waals surface area contributed by atoms with E-state index in [0.29, 0.717) is 37.3 Å². The van der Waals surface area contributed by atoms with Gasteiger partial charge in [0.25, 0.3) is 0 Å². The largest absolute Gasteiger partial charge is 0.465 e. The van der Waals surface area contributed by atoms with Gasteiger partial charge in [-0.05, 0) is 50.6 Å². The first-order valence-electron chi connectivity index (χ1n) is 8.58. The summed E-state index contributed by atoms with van der Waals surface area (Å²) in [5.74, 6) is 0.992. The molecule has 23 heavy (non-hydrogen) atoms. The van der Waals surface area contributed by atoms with Crippen molar-refractivity contribution < 1.29 is 14.3 Å². The maximum atomic E-state index is 12.6. The summed E-state index contributed by atoms with van der Waals surface area (Å²) < 4.78 is 4.98. The summed E-state index contributed by atoms with van der Waals surface area (Å²) in [4.78, 5) is 25.9. The van der Waals surface area contributed by atoms with Gasteiger partial charge in [-0.2, -0.15) is 0 Å². The average molecular weight is 349 g/mol. The summed E-state index contributed by atoms with van der Waals surface area (Å²) in [6.07, 6.45) is 2.88. The predicted octanol–water partition coefficient (Wildman–Crippen LogP) is 2.48. The van der Waals surface area contributed by atoms with Crippen LogP contribution >= 0.6 is 12.4 Å². The highest BCUT2D eigenvalue weighted by molar-refractivity contribution is 5.85. The highest BCUT2D eigenvalue weighted by atomic mass is 35.5. The van der Waals surface area contributed by atoms with Crippen molar-refractivity contribution in [2.24, 2.45) is 17.8 Å². The molecule has 0 saturated carbocycles. The first-order chi connectivity index (χ1) is 10.4. The molecule has 0 aromatic rings. The van der Waals surface area contributed by atoms with E-state index in [1.165, 1.54) is 12.8 Å². The van der Waals surface area contributed by atoms with Crippen molar-refractivity contribution in [3.05, 3.63) is 0 Å². The molecule has 1 heterocycles. The summed E-state index contributed by atoms with van der Waals surface area (Å²) in [6.45, 7) is 11.1. The van der Waals surface area contributed by atoms with Gasteiger partial charge in [0.1, 0.15) is 6.54 Å². The van der Waals surface area contributed by atoms with Gasteiger partial charge in [-0.15, -0.1) is 12.4 Å². The Morgan fingerprint density at radius 2 is 2.00 bits per heavy atom. The molecule has 0 bridgehead atoms. The van der Waals surface area contributed by atoms with Crippen LogP contribution in [0.1, 0.15) is 47.0 Å². The molecule has 1 N–H and O–H groups in total. The van der Waals surface area contributed by atoms with Crippen LogP contribution in [0.3, 0.4) is 0 Å². The van der Waals surface area contributed by atoms with Crippen molar-refractivity contribution in [1.29, 1.82) is 0 Å². The van der Waals surface area contributed by atoms with Crippen LogP contribution in [0.5, 0.6) is 0 Å². The van der Waals surface area contributed by atoms with Crippen molar-refractivity contribution >= 4 is 24.3 Å². The molecule has 1 rings (SSSR count). The fourth-order valence-electron chi connectivity index (χ4n) is 2.99. The van der Waals surface area contributed by atoms with Crippen LogP contribution < -0.4 is 5.32 Å². The van der Waals surface area contributed by atoms with Gasteiger partial charge < -0.3 is 15.0 Å². The molecule has 0 spiro atoms. The molecule has 1 aliphatic heterocycles. The quantitative estimate of drug-likeness (QED) is 0.685. The summed E-state index contributed by atoms with van der Waals surface area (Å²) in [6, 6.07) is 0. The van der Waals surface area contributed by atoms with E-state index in [9.17, 15) is 9.59 Å². The van der Waals surface area contributed by atoms with Gasteiger partial charge in [-0.25, -0.2) is 0 Å². The zero-order valence-corrected chi connectivity index (χ0v) is 15.8. The number of halogens is 1. The second kappa shape index (κ2) is 11.7. The summed E-state index contributed by atoms with van der Waals surface area (Å²) in [7, 11) is 0. The van der Waals surface area contributed by atoms with Crippen molar-refractivity contribution in [3.63, 3.8) is 0 Å². The van der Waals surface area contributed by atoms with E-state index in [1.807, 2.05) is 0 Å². The van der Waals surface area contributed by atoms with Crippen LogP contribution in [0.2, 0.25) is 0 Å². The zero-order valence-electron chi connectivity index (χ0n) is 15.0. The van der Waals surface area contributed by atoms with E-state index >= 15 is 0 Å². The fourth-order valence-corrected chi connectivity index (χ4v) is 2.99. The van der Waals surface area contributed by atoms with Crippen LogP contribution in [-0.2, 0) is 14.3 Å². The van der Waals surface area contributed by atoms with E-state index in [4.69, 9.17) is 4.74 Å². The van der Waals surface area contributed by atoms with Gasteiger partial charge in [0.15, 0.2) is 0 Å². The molecule has 5 nitrogen and oxygen atoms in total. The lowest BCUT2D eigenvalue weighted by molar-refractivity contribution is -0.149. The molecule has 1 aliphatic rings. The van der Waals surface area contributed by atoms with Crippen molar-refractivity contribution in [2.45, 2.75) is 47.0 Å². The number of carbonyl (C=O) groups is 2. The molecule has 1 amide bonds. The van der Waals surface area contributed by atoms with E-state index < -0.39 is 0 Å². The topological polar surface area (TPSA) is 58.6 Å². The van der Waals surface area contributed by atoms with E-state index in [1.54, 1.807) is 11.8 Å². The fraction of sp³-hybridized carbons (Fsp3) is 0.882. The Morgan fingerprint density at radius 1 is 1.30 bits per heavy atom. The second-order valence-corrected chi connectivity index (χ2v) is 6.76. The third-order valence-corrected chi connectivity index (χ3v) is 4.20. The molecule has 0 aromatic heterocycles. The number of hydrogen-bond donors (Lipinski definition) is 1. The summed E-state index contributed by atoms with van der Waals surface area (Å²) in [5, 5.41) is 3.40. The normalized spacial score (nSPS) is 18.9. The molecule has 1 fully saturated rings. The minimum Gasteiger partial charge on any atom is -0.465 e. The minimum absolute atomic E-state index is 0. The number of rotatable bonds is 8. The number of esters is 1. The molecular formula is C17H33ClN2O3. The molecular weight excluding hydrogens is 316 g/mol. The van der Waals surface area contributed by atoms with Gasteiger partial charge >= 0.3 is 5.97 Å². The molecule has 1 saturated heterocycles. The predicted molar refractivity (Wildman–Crippen MR) is 94.7 cm³/mol. The van der Waals surface area contributed by atoms with Gasteiger partial charge in [0, 0.05) is 13.0 Å². The smallest absolute Gasteiger partial charge is 0.325 e. The van der Waals surface area contributed by atoms with Crippen LogP contribution in [0, 0.1) is 17.8 Å². The van der Waals surface area contributed by atoms with Crippen LogP contribution in [0.25, 0.3) is 0 Å². The van der Waals surface area contributed by atoms with E-state index in [-0.39, 0.29) is 30.8 Å². The maximum Gasteiger partial charge on any atom is 0.325 e. The Morgan fingerprint density at radius 3 is 2.52 bits per heavy atom. The number of ether oxygens (including phenoxy) is 1. The number of nitrogens with zero attached hydrogens (tertiary/aromatic N) is 1. The first-order valence-corrected chi connectivity index (χ1v) is 8.58. The Hall–Kier alpha value is -0.810. The third-order valence-electron chi connectivity index (χ3n) is 4.20. The van der Waals surface area contributed by atoms with Crippen LogP contribution in [0.4, 0.5) is 0 Å². The molecule has 0 aliphatic carbocycles. The van der Waals surface area contributed by atoms with Gasteiger partial charge in [-0.3, -0.25) is 9.59 Å². The van der Waals surface area contributed by atoms with Crippen molar-refractivity contribution in [3.8, 4) is 0 Å². The number of hydrogen-bond acceptors (Lipinski definition) is 4. The number of carbonyl (C=O) groups excluding carboxylic acids is 2. The maximum absolute atomic E-state index is 12.6. The summed E-state index contributed by atoms with van der Waals surface area (Å²) >= 11 is 0. The lowest BCUT2D eigenvalue weighted by Gasteiger charge is -2.30. The van der Waals surface area contributed by atoms with E-state index in [2.05, 4.69) is 26.1 Å². The van der Waals surface area contributed by atoms with Crippen molar-refractivity contribution in [2.75, 3.05) is 32.8 Å². The van der Waals surface area contributed by atoms with Crippen molar-refractivity contribution in [1.82, 2.24) is 10.2 Å². The Bertz CT molecular complexity index is 358. The molecule has 6 heteroatoms. The van der Waals surface area contributed by atoms with E-state index in [0.717, 1.165) is 13.1 Å². The van der Waals surface area contributed by atoms with Crippen LogP contribution in [-0.4, -0.2) is 49.6 Å². The molecule has 136 valence electrons. The lowest BCUT2D eigenvalue weighted by Crippen LogP contribution is -2.41. The Balaban J connectivity index is 0.00000484. The van der Waals surface area contributed by atoms with Crippen LogP contribution in [0.15, 0.2) is 0 Å². The standard InChI is InChI=1S/C17H32N2O3.ClH/c1-5-22-17(21)12-19(11-13(2)3)16(20)9-14(4)15-7-6-8-18-10-15;/h13-15,18H,5-12H2,1-4H3;1H. The van der Waals surface area contributed by atoms with Gasteiger partial charge in [0.05, 0.1) is 6.61 Å². The second-order valence-electron chi connectivity index (χ2n) is 6.76. The molecule has 2 atom stereocenters. The Labute approximate surface area is 146 Å². The molecule has 0 radical (unpaired) electrons. The zero-order chi connectivity index (χ0) is 16.5. The number of nitrogens with one attached hydrogen (secondary N) is 1. The highest BCUT2D eigenvalue weighted by Gasteiger charge is 2.25. The molecule has 0 aromatic carbocycles. The summed E-state index contributed by atoms with van der Waals surface area (Å²) in [5.41, 5.74) is 0. The highest BCUT2D eigenvalue weighted by Crippen LogP contribution is 2.23. The number of piperidine rings is 1. The molecule has 2 unspecified atom stereocenters. The minimum atomic E-state index is -0.316. The SMILES string of the molecule is CCOC(=O)CN(CC(C)C)C(=O)CC(C)C1CCCNC1.Cl. The van der Waals surface area contributed by atoms with Gasteiger partial charge in [-0.1, -0.05) is 20.8 Å². The van der Waals surface area contributed by atoms with Gasteiger partial charge in [0.2, 0.25) is 5.91 Å². The first kappa shape index (κ1) is 22.2. The monoisotopic (exact) mass is 348 g/mol. The lowest BCUT2D eigenvalue weighted by atomic mass is 9.85. The third kappa shape index (κ3) is 8.56. The Kier molecular flexibility index (Phi) is 11.3. The average Bonchev–Trinajstić information content (AvgIpc) is 2.47. The number of amides is 1.